The van der Waals surface area contributed by atoms with Crippen molar-refractivity contribution in [2.45, 2.75) is 18.9 Å². The van der Waals surface area contributed by atoms with Crippen LogP contribution in [0, 0.1) is 0 Å². The molecule has 0 bridgehead atoms. The zero-order valence-electron chi connectivity index (χ0n) is 7.83. The first-order chi connectivity index (χ1) is 6.93. The third-order valence-electron chi connectivity index (χ3n) is 2.67. The van der Waals surface area contributed by atoms with Crippen LogP contribution in [0.25, 0.3) is 11.2 Å². The molecule has 0 radical (unpaired) electrons. The van der Waals surface area contributed by atoms with E-state index in [1.807, 2.05) is 12.1 Å². The highest BCUT2D eigenvalue weighted by atomic mass is 15.1. The summed E-state index contributed by atoms with van der Waals surface area (Å²) >= 11 is 0. The molecule has 4 nitrogen and oxygen atoms in total. The molecule has 0 aliphatic carbocycles. The molecule has 3 heterocycles. The average Bonchev–Trinajstić information content (AvgIpc) is 2.86. The van der Waals surface area contributed by atoms with Gasteiger partial charge in [-0.2, -0.15) is 0 Å². The van der Waals surface area contributed by atoms with E-state index in [0.717, 1.165) is 23.5 Å². The van der Waals surface area contributed by atoms with Crippen LogP contribution < -0.4 is 5.32 Å². The van der Waals surface area contributed by atoms with Crippen LogP contribution in [0.15, 0.2) is 18.3 Å². The summed E-state index contributed by atoms with van der Waals surface area (Å²) in [6.45, 7) is 1.09. The van der Waals surface area contributed by atoms with Crippen molar-refractivity contribution < 1.29 is 0 Å². The van der Waals surface area contributed by atoms with E-state index in [1.54, 1.807) is 6.20 Å². The number of hydrogen-bond acceptors (Lipinski definition) is 3. The van der Waals surface area contributed by atoms with Gasteiger partial charge < -0.3 is 10.3 Å². The summed E-state index contributed by atoms with van der Waals surface area (Å²) in [5.74, 6) is 1.02. The van der Waals surface area contributed by atoms with Crippen LogP contribution in [-0.2, 0) is 0 Å². The second-order valence-electron chi connectivity index (χ2n) is 3.65. The predicted octanol–water partition coefficient (Wildman–Crippen LogP) is 1.38. The van der Waals surface area contributed by atoms with Crippen molar-refractivity contribution in [2.75, 3.05) is 6.54 Å². The van der Waals surface area contributed by atoms with E-state index in [9.17, 15) is 0 Å². The van der Waals surface area contributed by atoms with Crippen LogP contribution in [0.4, 0.5) is 0 Å². The summed E-state index contributed by atoms with van der Waals surface area (Å²) < 4.78 is 0. The van der Waals surface area contributed by atoms with Crippen LogP contribution in [0.5, 0.6) is 0 Å². The van der Waals surface area contributed by atoms with Crippen molar-refractivity contribution in [3.05, 3.63) is 24.2 Å². The first-order valence-corrected chi connectivity index (χ1v) is 4.97. The van der Waals surface area contributed by atoms with Gasteiger partial charge in [0, 0.05) is 6.20 Å². The van der Waals surface area contributed by atoms with Crippen molar-refractivity contribution in [2.24, 2.45) is 0 Å². The van der Waals surface area contributed by atoms with Gasteiger partial charge in [-0.1, -0.05) is 0 Å². The molecule has 72 valence electrons. The quantitative estimate of drug-likeness (QED) is 0.711. The Hall–Kier alpha value is -1.42. The van der Waals surface area contributed by atoms with Crippen LogP contribution in [0.1, 0.15) is 24.7 Å². The van der Waals surface area contributed by atoms with Crippen molar-refractivity contribution in [3.8, 4) is 0 Å². The van der Waals surface area contributed by atoms with Crippen LogP contribution in [-0.4, -0.2) is 21.5 Å². The first kappa shape index (κ1) is 7.94. The topological polar surface area (TPSA) is 53.6 Å². The van der Waals surface area contributed by atoms with Crippen molar-refractivity contribution >= 4 is 11.2 Å². The molecule has 3 rings (SSSR count). The minimum Gasteiger partial charge on any atom is -0.339 e. The molecule has 1 unspecified atom stereocenters. The molecular weight excluding hydrogens is 176 g/mol. The molecule has 0 aromatic carbocycles. The summed E-state index contributed by atoms with van der Waals surface area (Å²) in [6.07, 6.45) is 4.17. The molecule has 0 spiro atoms. The fourth-order valence-corrected chi connectivity index (χ4v) is 1.95. The van der Waals surface area contributed by atoms with Crippen LogP contribution in [0.3, 0.4) is 0 Å². The molecule has 2 aromatic rings. The van der Waals surface area contributed by atoms with Gasteiger partial charge in [-0.25, -0.2) is 9.97 Å². The molecule has 1 fully saturated rings. The Morgan fingerprint density at radius 1 is 1.43 bits per heavy atom. The summed E-state index contributed by atoms with van der Waals surface area (Å²) in [7, 11) is 0. The number of rotatable bonds is 1. The molecular formula is C10H12N4. The lowest BCUT2D eigenvalue weighted by atomic mass is 10.2. The molecule has 1 atom stereocenters. The molecule has 4 heteroatoms. The number of H-pyrrole nitrogens is 1. The maximum atomic E-state index is 4.47. The summed E-state index contributed by atoms with van der Waals surface area (Å²) in [5, 5.41) is 3.41. The van der Waals surface area contributed by atoms with E-state index >= 15 is 0 Å². The van der Waals surface area contributed by atoms with E-state index in [2.05, 4.69) is 20.3 Å². The number of nitrogens with one attached hydrogen (secondary N) is 2. The fourth-order valence-electron chi connectivity index (χ4n) is 1.95. The van der Waals surface area contributed by atoms with E-state index in [1.165, 1.54) is 12.8 Å². The van der Waals surface area contributed by atoms with Gasteiger partial charge in [0.2, 0.25) is 0 Å². The molecule has 1 aliphatic heterocycles. The highest BCUT2D eigenvalue weighted by Gasteiger charge is 2.19. The van der Waals surface area contributed by atoms with Crippen molar-refractivity contribution in [3.63, 3.8) is 0 Å². The van der Waals surface area contributed by atoms with Crippen molar-refractivity contribution in [1.29, 1.82) is 0 Å². The first-order valence-electron chi connectivity index (χ1n) is 4.97. The summed E-state index contributed by atoms with van der Waals surface area (Å²) in [6, 6.07) is 4.32. The Bertz CT molecular complexity index is 409. The minimum absolute atomic E-state index is 0.393. The number of fused-ring (bicyclic) bond motifs is 1. The number of aromatic nitrogens is 3. The third kappa shape index (κ3) is 1.19. The lowest BCUT2D eigenvalue weighted by Crippen LogP contribution is -2.14. The molecule has 0 saturated carbocycles. The third-order valence-corrected chi connectivity index (χ3v) is 2.67. The number of hydrogen-bond donors (Lipinski definition) is 2. The number of imidazole rings is 1. The van der Waals surface area contributed by atoms with E-state index < -0.39 is 0 Å². The SMILES string of the molecule is c1cnc2nc(C3CCCN3)[nH]c2c1. The molecule has 2 N–H and O–H groups in total. The van der Waals surface area contributed by atoms with Gasteiger partial charge in [0.1, 0.15) is 5.82 Å². The lowest BCUT2D eigenvalue weighted by Gasteiger charge is -2.04. The van der Waals surface area contributed by atoms with E-state index in [-0.39, 0.29) is 0 Å². The molecule has 1 saturated heterocycles. The standard InChI is InChI=1S/C10H12N4/c1-3-7(11-5-1)10-13-8-4-2-6-12-9(8)14-10/h2,4,6-7,11H,1,3,5H2,(H,12,13,14). The summed E-state index contributed by atoms with van der Waals surface area (Å²) in [5.41, 5.74) is 1.84. The molecule has 1 aliphatic rings. The Morgan fingerprint density at radius 3 is 3.21 bits per heavy atom. The Labute approximate surface area is 81.8 Å². The second kappa shape index (κ2) is 3.06. The van der Waals surface area contributed by atoms with Gasteiger partial charge in [-0.05, 0) is 31.5 Å². The molecule has 0 amide bonds. The minimum atomic E-state index is 0.393. The predicted molar refractivity (Wildman–Crippen MR) is 53.9 cm³/mol. The Morgan fingerprint density at radius 2 is 2.43 bits per heavy atom. The van der Waals surface area contributed by atoms with Gasteiger partial charge in [0.25, 0.3) is 0 Å². The maximum absolute atomic E-state index is 4.47. The van der Waals surface area contributed by atoms with E-state index in [0.29, 0.717) is 6.04 Å². The van der Waals surface area contributed by atoms with Crippen LogP contribution in [0.2, 0.25) is 0 Å². The largest absolute Gasteiger partial charge is 0.339 e. The van der Waals surface area contributed by atoms with Gasteiger partial charge in [0.05, 0.1) is 11.6 Å². The maximum Gasteiger partial charge on any atom is 0.177 e. The van der Waals surface area contributed by atoms with Gasteiger partial charge in [-0.3, -0.25) is 0 Å². The molecule has 2 aromatic heterocycles. The zero-order chi connectivity index (χ0) is 9.38. The molecule has 14 heavy (non-hydrogen) atoms. The zero-order valence-corrected chi connectivity index (χ0v) is 7.83. The summed E-state index contributed by atoms with van der Waals surface area (Å²) in [4.78, 5) is 12.0. The average molecular weight is 188 g/mol. The van der Waals surface area contributed by atoms with Gasteiger partial charge >= 0.3 is 0 Å². The second-order valence-corrected chi connectivity index (χ2v) is 3.65. The monoisotopic (exact) mass is 188 g/mol. The van der Waals surface area contributed by atoms with Crippen molar-refractivity contribution in [1.82, 2.24) is 20.3 Å². The van der Waals surface area contributed by atoms with Gasteiger partial charge in [-0.15, -0.1) is 0 Å². The van der Waals surface area contributed by atoms with Crippen LogP contribution >= 0.6 is 0 Å². The number of nitrogens with zero attached hydrogens (tertiary/aromatic N) is 2. The smallest absolute Gasteiger partial charge is 0.177 e. The Kier molecular flexibility index (Phi) is 1.73. The normalized spacial score (nSPS) is 21.9. The fraction of sp³-hybridized carbons (Fsp3) is 0.400. The highest BCUT2D eigenvalue weighted by Crippen LogP contribution is 2.21. The lowest BCUT2D eigenvalue weighted by molar-refractivity contribution is 0.614. The number of pyridine rings is 1. The van der Waals surface area contributed by atoms with E-state index in [4.69, 9.17) is 0 Å². The number of aromatic amines is 1. The Balaban J connectivity index is 2.05. The highest BCUT2D eigenvalue weighted by molar-refractivity contribution is 5.69. The van der Waals surface area contributed by atoms with Gasteiger partial charge in [0.15, 0.2) is 5.65 Å².